The van der Waals surface area contributed by atoms with Crippen molar-refractivity contribution in [1.82, 2.24) is 3.97 Å². The molecule has 8 nitrogen and oxygen atoms in total. The van der Waals surface area contributed by atoms with Crippen molar-refractivity contribution >= 4 is 61.8 Å². The molecular weight excluding hydrogens is 511 g/mol. The highest BCUT2D eigenvalue weighted by Gasteiger charge is 2.19. The molecule has 1 heterocycles. The normalized spacial score (nSPS) is 11.8. The van der Waals surface area contributed by atoms with Crippen LogP contribution in [0.15, 0.2) is 76.9 Å². The van der Waals surface area contributed by atoms with Gasteiger partial charge in [0.2, 0.25) is 5.71 Å². The molecule has 0 atom stereocenters. The molecule has 3 aromatic carbocycles. The van der Waals surface area contributed by atoms with Crippen LogP contribution in [0, 0.1) is 18.3 Å². The van der Waals surface area contributed by atoms with Crippen molar-refractivity contribution in [2.75, 3.05) is 5.43 Å². The molecule has 0 spiro atoms. The number of nitriles is 1. The topological polar surface area (TPSA) is 114 Å². The van der Waals surface area contributed by atoms with E-state index in [9.17, 15) is 13.2 Å². The second-order valence-electron chi connectivity index (χ2n) is 7.31. The zero-order valence-corrected chi connectivity index (χ0v) is 20.3. The van der Waals surface area contributed by atoms with E-state index in [1.54, 1.807) is 54.6 Å². The van der Waals surface area contributed by atoms with E-state index in [0.717, 1.165) is 5.56 Å². The van der Waals surface area contributed by atoms with Gasteiger partial charge in [0.05, 0.1) is 26.1 Å². The van der Waals surface area contributed by atoms with Gasteiger partial charge in [-0.15, -0.1) is 0 Å². The standard InChI is InChI=1S/C24H15Cl2N4O4S/c1-15-2-5-20(6-3-15)35(32,33)30-9-8-16-10-19(4-7-23(16)30)34-24-21(25)11-17(12-22(24)26)28-29-18(13-27)14-31/h2-12,28H,1H3. The Hall–Kier alpha value is -3.84. The largest absolute Gasteiger partial charge is 0.454 e. The SMILES string of the molecule is Cc1ccc(S(=O)(=O)n2ccc3cc(Oc4c(Cl)cc(NN=C([C]=O)C#N)cc4Cl)ccc32)cc1. The summed E-state index contributed by atoms with van der Waals surface area (Å²) in [6.45, 7) is 1.89. The number of hydrogen-bond acceptors (Lipinski definition) is 7. The number of benzene rings is 3. The predicted molar refractivity (Wildman–Crippen MR) is 135 cm³/mol. The first kappa shape index (κ1) is 24.3. The van der Waals surface area contributed by atoms with Crippen molar-refractivity contribution in [3.63, 3.8) is 0 Å². The van der Waals surface area contributed by atoms with Crippen LogP contribution in [0.4, 0.5) is 5.69 Å². The number of fused-ring (bicyclic) bond motifs is 1. The van der Waals surface area contributed by atoms with Gasteiger partial charge in [-0.3, -0.25) is 10.2 Å². The summed E-state index contributed by atoms with van der Waals surface area (Å²) in [4.78, 5) is 10.7. The minimum atomic E-state index is -3.77. The molecule has 0 aliphatic carbocycles. The first-order valence-electron chi connectivity index (χ1n) is 9.95. The van der Waals surface area contributed by atoms with Gasteiger partial charge in [0.25, 0.3) is 16.3 Å². The lowest BCUT2D eigenvalue weighted by Gasteiger charge is -2.12. The molecule has 1 N–H and O–H groups in total. The third-order valence-corrected chi connectivity index (χ3v) is 7.19. The molecule has 0 unspecified atom stereocenters. The van der Waals surface area contributed by atoms with Gasteiger partial charge in [0.1, 0.15) is 11.8 Å². The van der Waals surface area contributed by atoms with Crippen LogP contribution in [0.3, 0.4) is 0 Å². The number of rotatable bonds is 7. The van der Waals surface area contributed by atoms with E-state index >= 15 is 0 Å². The first-order valence-corrected chi connectivity index (χ1v) is 12.1. The first-order chi connectivity index (χ1) is 16.7. The Morgan fingerprint density at radius 2 is 1.74 bits per heavy atom. The van der Waals surface area contributed by atoms with Gasteiger partial charge in [-0.25, -0.2) is 12.4 Å². The van der Waals surface area contributed by atoms with Crippen LogP contribution in [-0.2, 0) is 14.8 Å². The summed E-state index contributed by atoms with van der Waals surface area (Å²) in [6, 6.07) is 17.7. The second kappa shape index (κ2) is 9.80. The molecular formula is C24H15Cl2N4O4S. The highest BCUT2D eigenvalue weighted by atomic mass is 35.5. The van der Waals surface area contributed by atoms with Crippen molar-refractivity contribution in [3.05, 3.63) is 82.5 Å². The Labute approximate surface area is 211 Å². The smallest absolute Gasteiger partial charge is 0.268 e. The van der Waals surface area contributed by atoms with Crippen LogP contribution in [0.2, 0.25) is 10.0 Å². The Bertz CT molecular complexity index is 1600. The summed E-state index contributed by atoms with van der Waals surface area (Å²) < 4.78 is 33.3. The summed E-state index contributed by atoms with van der Waals surface area (Å²) in [5, 5.41) is 13.2. The van der Waals surface area contributed by atoms with Crippen LogP contribution < -0.4 is 10.2 Å². The Morgan fingerprint density at radius 1 is 1.06 bits per heavy atom. The summed E-state index contributed by atoms with van der Waals surface area (Å²) >= 11 is 12.6. The van der Waals surface area contributed by atoms with Crippen molar-refractivity contribution in [1.29, 1.82) is 5.26 Å². The van der Waals surface area contributed by atoms with Gasteiger partial charge in [0.15, 0.2) is 5.75 Å². The van der Waals surface area contributed by atoms with Gasteiger partial charge in [0, 0.05) is 11.6 Å². The lowest BCUT2D eigenvalue weighted by atomic mass is 10.2. The van der Waals surface area contributed by atoms with Gasteiger partial charge in [-0.1, -0.05) is 40.9 Å². The van der Waals surface area contributed by atoms with Gasteiger partial charge in [-0.2, -0.15) is 10.4 Å². The molecule has 4 rings (SSSR count). The number of aromatic nitrogens is 1. The number of ether oxygens (including phenoxy) is 1. The highest BCUT2D eigenvalue weighted by molar-refractivity contribution is 7.90. The fourth-order valence-corrected chi connectivity index (χ4v) is 5.14. The average Bonchev–Trinajstić information content (AvgIpc) is 3.26. The molecule has 0 bridgehead atoms. The van der Waals surface area contributed by atoms with Gasteiger partial charge in [-0.05, 0) is 55.5 Å². The van der Waals surface area contributed by atoms with E-state index in [-0.39, 0.29) is 20.7 Å². The maximum absolute atomic E-state index is 13.1. The fourth-order valence-electron chi connectivity index (χ4n) is 3.22. The van der Waals surface area contributed by atoms with Crippen LogP contribution in [0.25, 0.3) is 10.9 Å². The van der Waals surface area contributed by atoms with Crippen LogP contribution >= 0.6 is 23.2 Å². The Morgan fingerprint density at radius 3 is 2.37 bits per heavy atom. The molecule has 1 radical (unpaired) electrons. The summed E-state index contributed by atoms with van der Waals surface area (Å²) in [6.07, 6.45) is 2.86. The molecule has 35 heavy (non-hydrogen) atoms. The quantitative estimate of drug-likeness (QED) is 0.245. The Kier molecular flexibility index (Phi) is 6.80. The summed E-state index contributed by atoms with van der Waals surface area (Å²) in [7, 11) is -3.77. The maximum Gasteiger partial charge on any atom is 0.268 e. The lowest BCUT2D eigenvalue weighted by molar-refractivity contribution is 0.484. The molecule has 175 valence electrons. The molecule has 0 aliphatic rings. The number of halogens is 2. The molecule has 0 amide bonds. The lowest BCUT2D eigenvalue weighted by Crippen LogP contribution is -2.11. The number of nitrogens with one attached hydrogen (secondary N) is 1. The molecule has 4 aromatic rings. The highest BCUT2D eigenvalue weighted by Crippen LogP contribution is 2.39. The van der Waals surface area contributed by atoms with Crippen molar-refractivity contribution < 1.29 is 17.9 Å². The third kappa shape index (κ3) is 5.00. The van der Waals surface area contributed by atoms with E-state index in [1.165, 1.54) is 28.6 Å². The van der Waals surface area contributed by atoms with Crippen LogP contribution in [-0.4, -0.2) is 24.4 Å². The molecule has 0 fully saturated rings. The van der Waals surface area contributed by atoms with Crippen molar-refractivity contribution in [3.8, 4) is 17.6 Å². The third-order valence-electron chi connectivity index (χ3n) is 4.92. The van der Waals surface area contributed by atoms with Crippen molar-refractivity contribution in [2.24, 2.45) is 5.10 Å². The number of anilines is 1. The van der Waals surface area contributed by atoms with E-state index in [1.807, 2.05) is 6.92 Å². The number of hydrazone groups is 1. The van der Waals surface area contributed by atoms with Crippen molar-refractivity contribution in [2.45, 2.75) is 11.8 Å². The fraction of sp³-hybridized carbons (Fsp3) is 0.0417. The summed E-state index contributed by atoms with van der Waals surface area (Å²) in [5.41, 5.74) is 3.79. The van der Waals surface area contributed by atoms with Crippen LogP contribution in [0.1, 0.15) is 5.56 Å². The molecule has 0 aliphatic heterocycles. The Balaban J connectivity index is 1.62. The monoisotopic (exact) mass is 525 g/mol. The maximum atomic E-state index is 13.1. The average molecular weight is 526 g/mol. The zero-order chi connectivity index (χ0) is 25.2. The van der Waals surface area contributed by atoms with Gasteiger partial charge < -0.3 is 4.74 Å². The molecule has 1 aromatic heterocycles. The number of aryl methyl sites for hydroxylation is 1. The van der Waals surface area contributed by atoms with E-state index in [2.05, 4.69) is 10.5 Å². The minimum Gasteiger partial charge on any atom is -0.454 e. The predicted octanol–water partition coefficient (Wildman–Crippen LogP) is 5.69. The molecule has 0 saturated heterocycles. The second-order valence-corrected chi connectivity index (χ2v) is 9.94. The number of carbonyl (C=O) groups excluding carboxylic acids is 1. The zero-order valence-electron chi connectivity index (χ0n) is 18.0. The van der Waals surface area contributed by atoms with Gasteiger partial charge >= 0.3 is 0 Å². The van der Waals surface area contributed by atoms with Crippen LogP contribution in [0.5, 0.6) is 11.5 Å². The van der Waals surface area contributed by atoms with E-state index in [4.69, 9.17) is 33.2 Å². The summed E-state index contributed by atoms with van der Waals surface area (Å²) in [5.74, 6) is 0.546. The number of hydrogen-bond donors (Lipinski definition) is 1. The molecule has 11 heteroatoms. The van der Waals surface area contributed by atoms with E-state index in [0.29, 0.717) is 22.3 Å². The molecule has 0 saturated carbocycles. The minimum absolute atomic E-state index is 0.142. The number of nitrogens with zero attached hydrogens (tertiary/aromatic N) is 3. The van der Waals surface area contributed by atoms with E-state index < -0.39 is 15.7 Å².